The van der Waals surface area contributed by atoms with Crippen LogP contribution in [-0.4, -0.2) is 25.0 Å². The van der Waals surface area contributed by atoms with Gasteiger partial charge in [-0.2, -0.15) is 0 Å². The van der Waals surface area contributed by atoms with Gasteiger partial charge in [0, 0.05) is 25.2 Å². The van der Waals surface area contributed by atoms with Crippen molar-refractivity contribution >= 4 is 17.5 Å². The number of carbonyl (C=O) groups is 2. The largest absolute Gasteiger partial charge is 0.483 e. The molecule has 5 heteroatoms. The molecule has 0 atom stereocenters. The number of nitrogens with zero attached hydrogens (tertiary/aromatic N) is 1. The van der Waals surface area contributed by atoms with Gasteiger partial charge in [-0.25, -0.2) is 0 Å². The smallest absolute Gasteiger partial charge is 0.258 e. The van der Waals surface area contributed by atoms with Gasteiger partial charge in [0.05, 0.1) is 0 Å². The molecule has 2 amide bonds. The van der Waals surface area contributed by atoms with Gasteiger partial charge in [-0.05, 0) is 41.7 Å². The Morgan fingerprint density at radius 3 is 2.56 bits per heavy atom. The standard InChI is InChI=1S/C22H26N2O3/c1-16(2)19-6-3-4-7-20(19)27-15-21(25)23-14-17-9-11-18(12-10-17)24-13-5-8-22(24)26/h3-4,6-7,9-12,16H,5,8,13-15H2,1-2H3,(H,23,25). The molecule has 0 saturated carbocycles. The highest BCUT2D eigenvalue weighted by molar-refractivity contribution is 5.95. The zero-order chi connectivity index (χ0) is 19.2. The predicted octanol–water partition coefficient (Wildman–Crippen LogP) is 3.63. The van der Waals surface area contributed by atoms with Gasteiger partial charge in [0.1, 0.15) is 5.75 Å². The van der Waals surface area contributed by atoms with E-state index >= 15 is 0 Å². The second-order valence-corrected chi connectivity index (χ2v) is 7.07. The molecule has 142 valence electrons. The van der Waals surface area contributed by atoms with Gasteiger partial charge >= 0.3 is 0 Å². The molecule has 0 unspecified atom stereocenters. The summed E-state index contributed by atoms with van der Waals surface area (Å²) in [5.41, 5.74) is 3.00. The van der Waals surface area contributed by atoms with E-state index in [0.717, 1.165) is 35.5 Å². The number of hydrogen-bond acceptors (Lipinski definition) is 3. The Kier molecular flexibility index (Phi) is 6.12. The van der Waals surface area contributed by atoms with E-state index in [1.54, 1.807) is 0 Å². The Bertz CT molecular complexity index is 799. The number of hydrogen-bond donors (Lipinski definition) is 1. The van der Waals surface area contributed by atoms with Gasteiger partial charge in [-0.15, -0.1) is 0 Å². The van der Waals surface area contributed by atoms with Crippen LogP contribution in [0.15, 0.2) is 48.5 Å². The molecule has 1 N–H and O–H groups in total. The molecule has 3 rings (SSSR count). The Balaban J connectivity index is 1.49. The summed E-state index contributed by atoms with van der Waals surface area (Å²) in [5, 5.41) is 2.87. The van der Waals surface area contributed by atoms with Crippen LogP contribution in [0.3, 0.4) is 0 Å². The lowest BCUT2D eigenvalue weighted by atomic mass is 10.0. The third kappa shape index (κ3) is 4.88. The fourth-order valence-electron chi connectivity index (χ4n) is 3.20. The molecule has 0 spiro atoms. The van der Waals surface area contributed by atoms with Crippen molar-refractivity contribution in [2.24, 2.45) is 0 Å². The maximum atomic E-state index is 12.1. The highest BCUT2D eigenvalue weighted by atomic mass is 16.5. The number of nitrogens with one attached hydrogen (secondary N) is 1. The molecule has 1 heterocycles. The summed E-state index contributed by atoms with van der Waals surface area (Å²) in [6.07, 6.45) is 1.54. The molecule has 2 aromatic rings. The summed E-state index contributed by atoms with van der Waals surface area (Å²) in [6, 6.07) is 15.5. The Labute approximate surface area is 160 Å². The minimum Gasteiger partial charge on any atom is -0.483 e. The number of carbonyl (C=O) groups excluding carboxylic acids is 2. The number of rotatable bonds is 7. The van der Waals surface area contributed by atoms with Gasteiger partial charge < -0.3 is 15.0 Å². The van der Waals surface area contributed by atoms with Crippen molar-refractivity contribution in [3.05, 3.63) is 59.7 Å². The first-order chi connectivity index (χ1) is 13.0. The Morgan fingerprint density at radius 2 is 1.89 bits per heavy atom. The van der Waals surface area contributed by atoms with Crippen LogP contribution in [-0.2, 0) is 16.1 Å². The Morgan fingerprint density at radius 1 is 1.15 bits per heavy atom. The van der Waals surface area contributed by atoms with E-state index in [9.17, 15) is 9.59 Å². The van der Waals surface area contributed by atoms with Crippen LogP contribution in [0.5, 0.6) is 5.75 Å². The van der Waals surface area contributed by atoms with E-state index < -0.39 is 0 Å². The van der Waals surface area contributed by atoms with E-state index in [2.05, 4.69) is 19.2 Å². The minimum atomic E-state index is -0.160. The second-order valence-electron chi connectivity index (χ2n) is 7.07. The lowest BCUT2D eigenvalue weighted by molar-refractivity contribution is -0.123. The lowest BCUT2D eigenvalue weighted by Crippen LogP contribution is -2.28. The summed E-state index contributed by atoms with van der Waals surface area (Å²) < 4.78 is 5.69. The van der Waals surface area contributed by atoms with Crippen LogP contribution in [0, 0.1) is 0 Å². The number of anilines is 1. The molecule has 1 aliphatic rings. The topological polar surface area (TPSA) is 58.6 Å². The third-order valence-corrected chi connectivity index (χ3v) is 4.71. The number of ether oxygens (including phenoxy) is 1. The summed E-state index contributed by atoms with van der Waals surface area (Å²) in [5.74, 6) is 1.11. The minimum absolute atomic E-state index is 0.00982. The predicted molar refractivity (Wildman–Crippen MR) is 106 cm³/mol. The van der Waals surface area contributed by atoms with Crippen LogP contribution in [0.25, 0.3) is 0 Å². The second kappa shape index (κ2) is 8.71. The average molecular weight is 366 g/mol. The van der Waals surface area contributed by atoms with Gasteiger partial charge in [0.25, 0.3) is 5.91 Å². The number of benzene rings is 2. The number of amides is 2. The molecule has 0 aliphatic carbocycles. The van der Waals surface area contributed by atoms with Gasteiger partial charge in [0.15, 0.2) is 6.61 Å². The summed E-state index contributed by atoms with van der Waals surface area (Å²) in [7, 11) is 0. The highest BCUT2D eigenvalue weighted by Gasteiger charge is 2.21. The zero-order valence-electron chi connectivity index (χ0n) is 15.9. The van der Waals surface area contributed by atoms with Crippen LogP contribution in [0.1, 0.15) is 43.7 Å². The first-order valence-electron chi connectivity index (χ1n) is 9.42. The first-order valence-corrected chi connectivity index (χ1v) is 9.42. The van der Waals surface area contributed by atoms with Crippen LogP contribution < -0.4 is 15.0 Å². The van der Waals surface area contributed by atoms with Crippen LogP contribution >= 0.6 is 0 Å². The van der Waals surface area contributed by atoms with Crippen LogP contribution in [0.2, 0.25) is 0 Å². The van der Waals surface area contributed by atoms with Crippen molar-refractivity contribution in [1.29, 1.82) is 0 Å². The van der Waals surface area contributed by atoms with E-state index in [-0.39, 0.29) is 18.4 Å². The molecule has 0 bridgehead atoms. The third-order valence-electron chi connectivity index (χ3n) is 4.71. The molecule has 1 aliphatic heterocycles. The fourth-order valence-corrected chi connectivity index (χ4v) is 3.20. The number of para-hydroxylation sites is 1. The molecule has 0 aromatic heterocycles. The van der Waals surface area contributed by atoms with Crippen molar-refractivity contribution in [2.45, 2.75) is 39.2 Å². The molecule has 5 nitrogen and oxygen atoms in total. The van der Waals surface area contributed by atoms with Crippen molar-refractivity contribution in [2.75, 3.05) is 18.1 Å². The molecule has 2 aromatic carbocycles. The van der Waals surface area contributed by atoms with Gasteiger partial charge in [-0.3, -0.25) is 9.59 Å². The summed E-state index contributed by atoms with van der Waals surface area (Å²) in [6.45, 7) is 5.40. The van der Waals surface area contributed by atoms with E-state index in [4.69, 9.17) is 4.74 Å². The highest BCUT2D eigenvalue weighted by Crippen LogP contribution is 2.25. The maximum Gasteiger partial charge on any atom is 0.258 e. The van der Waals surface area contributed by atoms with Crippen molar-refractivity contribution in [3.63, 3.8) is 0 Å². The first kappa shape index (κ1) is 19.0. The molecular formula is C22H26N2O3. The maximum absolute atomic E-state index is 12.1. The Hall–Kier alpha value is -2.82. The summed E-state index contributed by atoms with van der Waals surface area (Å²) in [4.78, 5) is 25.7. The summed E-state index contributed by atoms with van der Waals surface area (Å²) >= 11 is 0. The molecule has 27 heavy (non-hydrogen) atoms. The fraction of sp³-hybridized carbons (Fsp3) is 0.364. The van der Waals surface area contributed by atoms with E-state index in [0.29, 0.717) is 18.9 Å². The van der Waals surface area contributed by atoms with Crippen molar-refractivity contribution in [3.8, 4) is 5.75 Å². The zero-order valence-corrected chi connectivity index (χ0v) is 15.9. The van der Waals surface area contributed by atoms with Gasteiger partial charge in [0.2, 0.25) is 5.91 Å². The normalized spacial score (nSPS) is 13.9. The molecule has 1 saturated heterocycles. The quantitative estimate of drug-likeness (QED) is 0.814. The average Bonchev–Trinajstić information content (AvgIpc) is 3.11. The molecule has 1 fully saturated rings. The van der Waals surface area contributed by atoms with E-state index in [1.807, 2.05) is 53.4 Å². The lowest BCUT2D eigenvalue weighted by Gasteiger charge is -2.16. The molecule has 0 radical (unpaired) electrons. The SMILES string of the molecule is CC(C)c1ccccc1OCC(=O)NCc1ccc(N2CCCC2=O)cc1. The monoisotopic (exact) mass is 366 g/mol. The van der Waals surface area contributed by atoms with Crippen molar-refractivity contribution < 1.29 is 14.3 Å². The molecular weight excluding hydrogens is 340 g/mol. The van der Waals surface area contributed by atoms with Gasteiger partial charge in [-0.1, -0.05) is 44.2 Å². The van der Waals surface area contributed by atoms with Crippen LogP contribution in [0.4, 0.5) is 5.69 Å². The van der Waals surface area contributed by atoms with E-state index in [1.165, 1.54) is 0 Å². The van der Waals surface area contributed by atoms with Crippen molar-refractivity contribution in [1.82, 2.24) is 5.32 Å².